The van der Waals surface area contributed by atoms with Crippen LogP contribution in [-0.4, -0.2) is 25.0 Å². The molecule has 0 bridgehead atoms. The Hall–Kier alpha value is -2.30. The number of para-hydroxylation sites is 1. The summed E-state index contributed by atoms with van der Waals surface area (Å²) in [6.07, 6.45) is 2.26. The van der Waals surface area contributed by atoms with Gasteiger partial charge in [0.1, 0.15) is 5.58 Å². The van der Waals surface area contributed by atoms with Gasteiger partial charge in [-0.3, -0.25) is 9.59 Å². The van der Waals surface area contributed by atoms with Crippen molar-refractivity contribution >= 4 is 22.8 Å². The zero-order valence-corrected chi connectivity index (χ0v) is 11.8. The highest BCUT2D eigenvalue weighted by Gasteiger charge is 2.34. The number of carbonyl (C=O) groups excluding carboxylic acids is 2. The molecule has 1 aromatic heterocycles. The van der Waals surface area contributed by atoms with Gasteiger partial charge in [0.2, 0.25) is 0 Å². The number of carbonyl (C=O) groups is 2. The number of benzene rings is 1. The number of amides is 1. The molecular formula is C16H17NO4. The van der Waals surface area contributed by atoms with Gasteiger partial charge >= 0.3 is 5.97 Å². The van der Waals surface area contributed by atoms with E-state index in [1.807, 2.05) is 24.3 Å². The maximum Gasteiger partial charge on any atom is 0.307 e. The number of methoxy groups -OCH3 is 1. The molecule has 5 heteroatoms. The Morgan fingerprint density at radius 1 is 1.38 bits per heavy atom. The molecule has 1 saturated carbocycles. The van der Waals surface area contributed by atoms with Gasteiger partial charge in [-0.1, -0.05) is 18.2 Å². The largest absolute Gasteiger partial charge is 0.469 e. The molecular weight excluding hydrogens is 270 g/mol. The second-order valence-corrected chi connectivity index (χ2v) is 5.35. The Bertz CT molecular complexity index is 639. The SMILES string of the molecule is COC(=O)C[C@@H](NC(=O)c1cc2ccccc2o1)C1CC1. The molecule has 0 saturated heterocycles. The Labute approximate surface area is 122 Å². The Morgan fingerprint density at radius 3 is 2.81 bits per heavy atom. The van der Waals surface area contributed by atoms with Crippen LogP contribution >= 0.6 is 0 Å². The molecule has 1 aliphatic rings. The monoisotopic (exact) mass is 287 g/mol. The van der Waals surface area contributed by atoms with E-state index in [4.69, 9.17) is 4.42 Å². The predicted molar refractivity (Wildman–Crippen MR) is 76.8 cm³/mol. The number of hydrogen-bond acceptors (Lipinski definition) is 4. The number of nitrogens with one attached hydrogen (secondary N) is 1. The summed E-state index contributed by atoms with van der Waals surface area (Å²) in [4.78, 5) is 23.7. The normalized spacial score (nSPS) is 15.7. The Morgan fingerprint density at radius 2 is 2.14 bits per heavy atom. The average Bonchev–Trinajstić information content (AvgIpc) is 3.24. The van der Waals surface area contributed by atoms with E-state index in [1.54, 1.807) is 6.07 Å². The molecule has 1 fully saturated rings. The standard InChI is InChI=1S/C16H17NO4/c1-20-15(18)9-12(10-6-7-10)17-16(19)14-8-11-4-2-3-5-13(11)21-14/h2-5,8,10,12H,6-7,9H2,1H3,(H,17,19)/t12-/m1/s1. The van der Waals surface area contributed by atoms with E-state index in [2.05, 4.69) is 10.1 Å². The van der Waals surface area contributed by atoms with Gasteiger partial charge in [-0.25, -0.2) is 0 Å². The number of rotatable bonds is 5. The first kappa shape index (κ1) is 13.7. The molecule has 21 heavy (non-hydrogen) atoms. The molecule has 1 aromatic carbocycles. The molecule has 3 rings (SSSR count). The van der Waals surface area contributed by atoms with Crippen LogP contribution in [-0.2, 0) is 9.53 Å². The first-order valence-electron chi connectivity index (χ1n) is 7.03. The van der Waals surface area contributed by atoms with Gasteiger partial charge in [0.15, 0.2) is 5.76 Å². The lowest BCUT2D eigenvalue weighted by Gasteiger charge is -2.16. The van der Waals surface area contributed by atoms with Crippen molar-refractivity contribution in [1.82, 2.24) is 5.32 Å². The van der Waals surface area contributed by atoms with Crippen LogP contribution in [0.3, 0.4) is 0 Å². The van der Waals surface area contributed by atoms with Crippen LogP contribution in [0, 0.1) is 5.92 Å². The molecule has 1 atom stereocenters. The average molecular weight is 287 g/mol. The van der Waals surface area contributed by atoms with Crippen LogP contribution < -0.4 is 5.32 Å². The van der Waals surface area contributed by atoms with Crippen LogP contribution in [0.5, 0.6) is 0 Å². The summed E-state index contributed by atoms with van der Waals surface area (Å²) in [6.45, 7) is 0. The van der Waals surface area contributed by atoms with Crippen molar-refractivity contribution in [3.8, 4) is 0 Å². The molecule has 110 valence electrons. The molecule has 2 aromatic rings. The van der Waals surface area contributed by atoms with Gasteiger partial charge < -0.3 is 14.5 Å². The van der Waals surface area contributed by atoms with E-state index < -0.39 is 0 Å². The van der Waals surface area contributed by atoms with E-state index in [0.29, 0.717) is 11.5 Å². The van der Waals surface area contributed by atoms with Gasteiger partial charge in [-0.2, -0.15) is 0 Å². The van der Waals surface area contributed by atoms with Crippen molar-refractivity contribution in [2.75, 3.05) is 7.11 Å². The van der Waals surface area contributed by atoms with E-state index in [-0.39, 0.29) is 30.1 Å². The number of hydrogen-bond donors (Lipinski definition) is 1. The lowest BCUT2D eigenvalue weighted by Crippen LogP contribution is -2.38. The van der Waals surface area contributed by atoms with Crippen molar-refractivity contribution < 1.29 is 18.7 Å². The summed E-state index contributed by atoms with van der Waals surface area (Å²) in [7, 11) is 1.35. The topological polar surface area (TPSA) is 68.5 Å². The number of esters is 1. The third kappa shape index (κ3) is 3.07. The van der Waals surface area contributed by atoms with E-state index in [1.165, 1.54) is 7.11 Å². The zero-order valence-electron chi connectivity index (χ0n) is 11.8. The second kappa shape index (κ2) is 5.60. The molecule has 0 spiro atoms. The van der Waals surface area contributed by atoms with Crippen molar-refractivity contribution in [3.63, 3.8) is 0 Å². The minimum absolute atomic E-state index is 0.182. The molecule has 5 nitrogen and oxygen atoms in total. The summed E-state index contributed by atoms with van der Waals surface area (Å²) in [5, 5.41) is 3.78. The maximum atomic E-state index is 12.3. The van der Waals surface area contributed by atoms with Crippen LogP contribution in [0.25, 0.3) is 11.0 Å². The maximum absolute atomic E-state index is 12.3. The van der Waals surface area contributed by atoms with Crippen LogP contribution in [0.15, 0.2) is 34.7 Å². The highest BCUT2D eigenvalue weighted by molar-refractivity contribution is 5.96. The van der Waals surface area contributed by atoms with Gasteiger partial charge in [0, 0.05) is 11.4 Å². The molecule has 1 amide bonds. The van der Waals surface area contributed by atoms with Crippen LogP contribution in [0.4, 0.5) is 0 Å². The fraction of sp³-hybridized carbons (Fsp3) is 0.375. The zero-order chi connectivity index (χ0) is 14.8. The molecule has 1 heterocycles. The highest BCUT2D eigenvalue weighted by atomic mass is 16.5. The summed E-state index contributed by atoms with van der Waals surface area (Å²) < 4.78 is 10.2. The van der Waals surface area contributed by atoms with E-state index in [0.717, 1.165) is 18.2 Å². The van der Waals surface area contributed by atoms with E-state index >= 15 is 0 Å². The Balaban J connectivity index is 1.72. The summed E-state index contributed by atoms with van der Waals surface area (Å²) in [5.74, 6) is 0.0351. The smallest absolute Gasteiger partial charge is 0.307 e. The van der Waals surface area contributed by atoms with Crippen molar-refractivity contribution in [2.45, 2.75) is 25.3 Å². The second-order valence-electron chi connectivity index (χ2n) is 5.35. The van der Waals surface area contributed by atoms with Gasteiger partial charge in [0.05, 0.1) is 13.5 Å². The predicted octanol–water partition coefficient (Wildman–Crippen LogP) is 2.50. The summed E-state index contributed by atoms with van der Waals surface area (Å²) in [5.41, 5.74) is 0.679. The fourth-order valence-corrected chi connectivity index (χ4v) is 2.43. The van der Waals surface area contributed by atoms with Crippen LogP contribution in [0.1, 0.15) is 29.8 Å². The van der Waals surface area contributed by atoms with Crippen LogP contribution in [0.2, 0.25) is 0 Å². The quantitative estimate of drug-likeness (QED) is 0.858. The highest BCUT2D eigenvalue weighted by Crippen LogP contribution is 2.34. The van der Waals surface area contributed by atoms with Gasteiger partial charge in [-0.05, 0) is 30.9 Å². The number of fused-ring (bicyclic) bond motifs is 1. The van der Waals surface area contributed by atoms with Crippen molar-refractivity contribution in [3.05, 3.63) is 36.1 Å². The first-order valence-corrected chi connectivity index (χ1v) is 7.03. The summed E-state index contributed by atoms with van der Waals surface area (Å²) >= 11 is 0. The molecule has 1 N–H and O–H groups in total. The van der Waals surface area contributed by atoms with Crippen molar-refractivity contribution in [2.24, 2.45) is 5.92 Å². The number of furan rings is 1. The molecule has 0 aliphatic heterocycles. The van der Waals surface area contributed by atoms with Gasteiger partial charge in [-0.15, -0.1) is 0 Å². The third-order valence-electron chi connectivity index (χ3n) is 3.77. The third-order valence-corrected chi connectivity index (χ3v) is 3.77. The lowest BCUT2D eigenvalue weighted by atomic mass is 10.1. The first-order chi connectivity index (χ1) is 10.2. The Kier molecular flexibility index (Phi) is 3.64. The minimum Gasteiger partial charge on any atom is -0.469 e. The molecule has 0 unspecified atom stereocenters. The fourth-order valence-electron chi connectivity index (χ4n) is 2.43. The number of ether oxygens (including phenoxy) is 1. The lowest BCUT2D eigenvalue weighted by molar-refractivity contribution is -0.141. The van der Waals surface area contributed by atoms with E-state index in [9.17, 15) is 9.59 Å². The van der Waals surface area contributed by atoms with Gasteiger partial charge in [0.25, 0.3) is 5.91 Å². The summed E-state index contributed by atoms with van der Waals surface area (Å²) in [6, 6.07) is 8.99. The minimum atomic E-state index is -0.309. The van der Waals surface area contributed by atoms with Crippen molar-refractivity contribution in [1.29, 1.82) is 0 Å². The molecule has 0 radical (unpaired) electrons. The molecule has 1 aliphatic carbocycles.